The summed E-state index contributed by atoms with van der Waals surface area (Å²) < 4.78 is 28.4. The molecule has 0 unspecified atom stereocenters. The van der Waals surface area contributed by atoms with Crippen molar-refractivity contribution in [2.24, 2.45) is 0 Å². The molecule has 3 nitrogen and oxygen atoms in total. The number of rotatable bonds is 3. The van der Waals surface area contributed by atoms with Gasteiger partial charge in [-0.2, -0.15) is 0 Å². The summed E-state index contributed by atoms with van der Waals surface area (Å²) in [5.74, 6) is -0.591. The zero-order valence-corrected chi connectivity index (χ0v) is 11.0. The van der Waals surface area contributed by atoms with Gasteiger partial charge in [-0.15, -0.1) is 0 Å². The van der Waals surface area contributed by atoms with Gasteiger partial charge in [0.2, 0.25) is 0 Å². The largest absolute Gasteiger partial charge is 0.508 e. The van der Waals surface area contributed by atoms with Crippen LogP contribution in [-0.2, 0) is 6.54 Å². The van der Waals surface area contributed by atoms with Crippen molar-refractivity contribution >= 4 is 0 Å². The maximum absolute atomic E-state index is 13.3. The summed E-state index contributed by atoms with van der Waals surface area (Å²) in [4.78, 5) is 4.16. The Morgan fingerprint density at radius 2 is 1.67 bits per heavy atom. The van der Waals surface area contributed by atoms with Crippen LogP contribution in [0.4, 0.5) is 8.78 Å². The van der Waals surface area contributed by atoms with Gasteiger partial charge in [0.25, 0.3) is 0 Å². The molecule has 1 heterocycles. The smallest absolute Gasteiger partial charge is 0.140 e. The minimum Gasteiger partial charge on any atom is -0.508 e. The number of phenols is 1. The summed E-state index contributed by atoms with van der Waals surface area (Å²) >= 11 is 0. The number of aromatic nitrogens is 2. The molecule has 0 aliphatic carbocycles. The lowest BCUT2D eigenvalue weighted by molar-refractivity contribution is 0.475. The number of nitrogens with zero attached hydrogens (tertiary/aromatic N) is 2. The molecule has 1 N–H and O–H groups in total. The Balaban J connectivity index is 1.95. The van der Waals surface area contributed by atoms with E-state index in [0.717, 1.165) is 11.6 Å². The van der Waals surface area contributed by atoms with E-state index in [-0.39, 0.29) is 5.75 Å². The number of benzene rings is 2. The van der Waals surface area contributed by atoms with Crippen LogP contribution < -0.4 is 0 Å². The number of aromatic hydroxyl groups is 1. The highest BCUT2D eigenvalue weighted by atomic mass is 19.1. The van der Waals surface area contributed by atoms with Gasteiger partial charge in [-0.25, -0.2) is 13.8 Å². The Kier molecular flexibility index (Phi) is 3.39. The van der Waals surface area contributed by atoms with Crippen LogP contribution in [0.3, 0.4) is 0 Å². The second kappa shape index (κ2) is 5.36. The maximum atomic E-state index is 13.3. The van der Waals surface area contributed by atoms with Crippen molar-refractivity contribution < 1.29 is 13.9 Å². The Morgan fingerprint density at radius 1 is 1.00 bits per heavy atom. The van der Waals surface area contributed by atoms with E-state index in [4.69, 9.17) is 0 Å². The molecule has 0 bridgehead atoms. The molecule has 3 rings (SSSR count). The van der Waals surface area contributed by atoms with Crippen LogP contribution in [0.5, 0.6) is 5.75 Å². The highest BCUT2D eigenvalue weighted by molar-refractivity contribution is 5.56. The fraction of sp³-hybridized carbons (Fsp3) is 0.0625. The van der Waals surface area contributed by atoms with Crippen LogP contribution in [0, 0.1) is 11.6 Å². The van der Waals surface area contributed by atoms with E-state index in [1.54, 1.807) is 41.2 Å². The first-order chi connectivity index (χ1) is 10.1. The zero-order chi connectivity index (χ0) is 14.8. The molecule has 0 aliphatic rings. The van der Waals surface area contributed by atoms with Crippen molar-refractivity contribution in [2.75, 3.05) is 0 Å². The van der Waals surface area contributed by atoms with Crippen LogP contribution in [0.15, 0.2) is 54.9 Å². The molecule has 5 heteroatoms. The fourth-order valence-electron chi connectivity index (χ4n) is 2.18. The van der Waals surface area contributed by atoms with Gasteiger partial charge in [-0.1, -0.05) is 12.1 Å². The van der Waals surface area contributed by atoms with E-state index >= 15 is 0 Å². The van der Waals surface area contributed by atoms with E-state index in [1.165, 1.54) is 12.1 Å². The average Bonchev–Trinajstić information content (AvgIpc) is 2.88. The first-order valence-corrected chi connectivity index (χ1v) is 6.37. The highest BCUT2D eigenvalue weighted by Crippen LogP contribution is 2.21. The van der Waals surface area contributed by atoms with E-state index in [1.807, 2.05) is 0 Å². The van der Waals surface area contributed by atoms with Crippen molar-refractivity contribution in [1.82, 2.24) is 9.55 Å². The molecule has 0 saturated carbocycles. The third kappa shape index (κ3) is 2.91. The molecule has 3 aromatic rings. The Labute approximate surface area is 120 Å². The van der Waals surface area contributed by atoms with Gasteiger partial charge in [0.1, 0.15) is 23.2 Å². The van der Waals surface area contributed by atoms with Gasteiger partial charge >= 0.3 is 0 Å². The molecule has 0 fully saturated rings. The molecular weight excluding hydrogens is 274 g/mol. The van der Waals surface area contributed by atoms with Crippen molar-refractivity contribution in [3.63, 3.8) is 0 Å². The third-order valence-electron chi connectivity index (χ3n) is 3.13. The quantitative estimate of drug-likeness (QED) is 0.799. The summed E-state index contributed by atoms with van der Waals surface area (Å²) in [5.41, 5.74) is 1.33. The second-order valence-corrected chi connectivity index (χ2v) is 4.70. The number of hydrogen-bond donors (Lipinski definition) is 1. The highest BCUT2D eigenvalue weighted by Gasteiger charge is 2.09. The predicted octanol–water partition coefficient (Wildman–Crippen LogP) is 3.58. The van der Waals surface area contributed by atoms with Crippen molar-refractivity contribution in [3.8, 4) is 17.1 Å². The zero-order valence-electron chi connectivity index (χ0n) is 11.0. The van der Waals surface area contributed by atoms with Crippen LogP contribution >= 0.6 is 0 Å². The molecule has 0 atom stereocenters. The molecule has 0 spiro atoms. The van der Waals surface area contributed by atoms with E-state index < -0.39 is 11.6 Å². The second-order valence-electron chi connectivity index (χ2n) is 4.70. The molecule has 2 aromatic carbocycles. The van der Waals surface area contributed by atoms with Gasteiger partial charge in [0.15, 0.2) is 0 Å². The normalized spacial score (nSPS) is 10.8. The predicted molar refractivity (Wildman–Crippen MR) is 74.8 cm³/mol. The maximum Gasteiger partial charge on any atom is 0.140 e. The van der Waals surface area contributed by atoms with Crippen LogP contribution in [-0.4, -0.2) is 14.7 Å². The molecule has 0 aliphatic heterocycles. The molecule has 1 aromatic heterocycles. The average molecular weight is 286 g/mol. The lowest BCUT2D eigenvalue weighted by Crippen LogP contribution is -2.01. The van der Waals surface area contributed by atoms with E-state index in [2.05, 4.69) is 4.98 Å². The van der Waals surface area contributed by atoms with Crippen LogP contribution in [0.2, 0.25) is 0 Å². The van der Waals surface area contributed by atoms with Crippen molar-refractivity contribution in [2.45, 2.75) is 6.54 Å². The minimum atomic E-state index is -0.635. The van der Waals surface area contributed by atoms with Crippen molar-refractivity contribution in [3.05, 3.63) is 72.1 Å². The first-order valence-electron chi connectivity index (χ1n) is 6.37. The van der Waals surface area contributed by atoms with Gasteiger partial charge in [-0.3, -0.25) is 0 Å². The minimum absolute atomic E-state index is 0.191. The van der Waals surface area contributed by atoms with Gasteiger partial charge < -0.3 is 9.67 Å². The van der Waals surface area contributed by atoms with Gasteiger partial charge in [0.05, 0.1) is 0 Å². The number of imidazole rings is 1. The molecule has 0 saturated heterocycles. The molecule has 0 amide bonds. The Morgan fingerprint density at radius 3 is 2.33 bits per heavy atom. The molecular formula is C16H12F2N2O. The summed E-state index contributed by atoms with van der Waals surface area (Å²) in [7, 11) is 0. The van der Waals surface area contributed by atoms with Crippen LogP contribution in [0.1, 0.15) is 5.56 Å². The molecule has 0 radical (unpaired) electrons. The van der Waals surface area contributed by atoms with Gasteiger partial charge in [-0.05, 0) is 29.8 Å². The monoisotopic (exact) mass is 286 g/mol. The lowest BCUT2D eigenvalue weighted by Gasteiger charge is -2.08. The Hall–Kier alpha value is -2.69. The van der Waals surface area contributed by atoms with E-state index in [9.17, 15) is 13.9 Å². The first kappa shape index (κ1) is 13.3. The summed E-state index contributed by atoms with van der Waals surface area (Å²) in [6.45, 7) is 0.494. The number of halogens is 2. The molecule has 21 heavy (non-hydrogen) atoms. The lowest BCUT2D eigenvalue weighted by atomic mass is 10.2. The third-order valence-corrected chi connectivity index (χ3v) is 3.13. The van der Waals surface area contributed by atoms with Crippen molar-refractivity contribution in [1.29, 1.82) is 0 Å². The van der Waals surface area contributed by atoms with Gasteiger partial charge in [0, 0.05) is 30.6 Å². The summed E-state index contributed by atoms with van der Waals surface area (Å²) in [5, 5.41) is 9.27. The number of hydrogen-bond acceptors (Lipinski definition) is 2. The molecule has 106 valence electrons. The standard InChI is InChI=1S/C16H12F2N2O/c17-13-7-12(8-14(18)9-13)16-19-5-6-20(16)10-11-1-3-15(21)4-2-11/h1-9,21H,10H2. The van der Waals surface area contributed by atoms with E-state index in [0.29, 0.717) is 17.9 Å². The fourth-order valence-corrected chi connectivity index (χ4v) is 2.18. The topological polar surface area (TPSA) is 38.0 Å². The van der Waals surface area contributed by atoms with Crippen LogP contribution in [0.25, 0.3) is 11.4 Å². The summed E-state index contributed by atoms with van der Waals surface area (Å²) in [6.07, 6.45) is 3.32. The number of phenolic OH excluding ortho intramolecular Hbond substituents is 1. The summed E-state index contributed by atoms with van der Waals surface area (Å²) in [6, 6.07) is 10.1. The Bertz CT molecular complexity index is 746. The SMILES string of the molecule is Oc1ccc(Cn2ccnc2-c2cc(F)cc(F)c2)cc1.